The smallest absolute Gasteiger partial charge is 0.0661 e. The van der Waals surface area contributed by atoms with Crippen LogP contribution in [0.3, 0.4) is 0 Å². The average molecular weight is 259 g/mol. The predicted octanol–water partition coefficient (Wildman–Crippen LogP) is 3.24. The lowest BCUT2D eigenvalue weighted by Gasteiger charge is -2.17. The minimum absolute atomic E-state index is 0.294. The standard InChI is InChI=1S/C16H25N3/c1-12(2)13(3)16(17)14-8-6-7-9-15(14)18-10-11-19(4)5/h6-9,12,17-18H,3,10-11H2,1-2,4-5H3. The molecule has 3 heteroatoms. The average Bonchev–Trinajstić information content (AvgIpc) is 2.37. The summed E-state index contributed by atoms with van der Waals surface area (Å²) >= 11 is 0. The topological polar surface area (TPSA) is 39.1 Å². The van der Waals surface area contributed by atoms with Crippen LogP contribution >= 0.6 is 0 Å². The summed E-state index contributed by atoms with van der Waals surface area (Å²) in [4.78, 5) is 2.13. The molecule has 0 amide bonds. The number of para-hydroxylation sites is 1. The fourth-order valence-corrected chi connectivity index (χ4v) is 1.73. The zero-order chi connectivity index (χ0) is 14.4. The molecule has 0 saturated heterocycles. The van der Waals surface area contributed by atoms with Crippen LogP contribution in [-0.4, -0.2) is 37.8 Å². The van der Waals surface area contributed by atoms with E-state index in [4.69, 9.17) is 5.41 Å². The lowest BCUT2D eigenvalue weighted by Crippen LogP contribution is -2.21. The summed E-state index contributed by atoms with van der Waals surface area (Å²) in [7, 11) is 4.10. The van der Waals surface area contributed by atoms with Gasteiger partial charge in [-0.2, -0.15) is 0 Å². The van der Waals surface area contributed by atoms with Gasteiger partial charge in [-0.05, 0) is 31.7 Å². The number of allylic oxidation sites excluding steroid dienone is 1. The molecule has 0 aliphatic heterocycles. The van der Waals surface area contributed by atoms with Crippen molar-refractivity contribution in [1.29, 1.82) is 5.41 Å². The monoisotopic (exact) mass is 259 g/mol. The normalized spacial score (nSPS) is 10.8. The van der Waals surface area contributed by atoms with Gasteiger partial charge in [0.15, 0.2) is 0 Å². The molecule has 0 saturated carbocycles. The van der Waals surface area contributed by atoms with Gasteiger partial charge in [0.2, 0.25) is 0 Å². The van der Waals surface area contributed by atoms with Gasteiger partial charge in [0.05, 0.1) is 5.71 Å². The predicted molar refractivity (Wildman–Crippen MR) is 84.3 cm³/mol. The number of rotatable bonds is 7. The maximum Gasteiger partial charge on any atom is 0.0661 e. The van der Waals surface area contributed by atoms with Crippen molar-refractivity contribution < 1.29 is 0 Å². The quantitative estimate of drug-likeness (QED) is 0.738. The van der Waals surface area contributed by atoms with E-state index in [2.05, 4.69) is 44.7 Å². The Morgan fingerprint density at radius 1 is 1.32 bits per heavy atom. The summed E-state index contributed by atoms with van der Waals surface area (Å²) in [6.07, 6.45) is 0. The highest BCUT2D eigenvalue weighted by atomic mass is 15.1. The molecule has 0 unspecified atom stereocenters. The Morgan fingerprint density at radius 3 is 2.53 bits per heavy atom. The SMILES string of the molecule is C=C(C(=N)c1ccccc1NCCN(C)C)C(C)C. The second-order valence-electron chi connectivity index (χ2n) is 5.33. The van der Waals surface area contributed by atoms with Crippen LogP contribution in [0.4, 0.5) is 5.69 Å². The van der Waals surface area contributed by atoms with Gasteiger partial charge in [0, 0.05) is 24.3 Å². The Bertz CT molecular complexity index is 447. The van der Waals surface area contributed by atoms with Gasteiger partial charge in [0.1, 0.15) is 0 Å². The minimum Gasteiger partial charge on any atom is -0.383 e. The number of benzene rings is 1. The number of hydrogen-bond donors (Lipinski definition) is 2. The summed E-state index contributed by atoms with van der Waals surface area (Å²) in [5.74, 6) is 0.294. The summed E-state index contributed by atoms with van der Waals surface area (Å²) in [5, 5.41) is 11.7. The van der Waals surface area contributed by atoms with Crippen LogP contribution in [0, 0.1) is 11.3 Å². The van der Waals surface area contributed by atoms with E-state index in [1.807, 2.05) is 24.3 Å². The van der Waals surface area contributed by atoms with Crippen LogP contribution in [-0.2, 0) is 0 Å². The van der Waals surface area contributed by atoms with Crippen LogP contribution in [0.2, 0.25) is 0 Å². The molecule has 0 bridgehead atoms. The van der Waals surface area contributed by atoms with E-state index in [0.717, 1.165) is 29.9 Å². The first-order valence-corrected chi connectivity index (χ1v) is 6.69. The first kappa shape index (κ1) is 15.4. The number of hydrogen-bond acceptors (Lipinski definition) is 3. The van der Waals surface area contributed by atoms with E-state index in [1.54, 1.807) is 0 Å². The maximum atomic E-state index is 8.28. The molecule has 0 aromatic heterocycles. The van der Waals surface area contributed by atoms with Gasteiger partial charge in [-0.25, -0.2) is 0 Å². The third-order valence-corrected chi connectivity index (χ3v) is 3.09. The van der Waals surface area contributed by atoms with Gasteiger partial charge < -0.3 is 10.2 Å². The number of likely N-dealkylation sites (N-methyl/N-ethyl adjacent to an activating group) is 1. The molecule has 19 heavy (non-hydrogen) atoms. The van der Waals surface area contributed by atoms with E-state index >= 15 is 0 Å². The van der Waals surface area contributed by atoms with Crippen molar-refractivity contribution in [3.8, 4) is 0 Å². The Hall–Kier alpha value is -1.61. The highest BCUT2D eigenvalue weighted by molar-refractivity contribution is 6.13. The number of nitrogens with zero attached hydrogens (tertiary/aromatic N) is 1. The fraction of sp³-hybridized carbons (Fsp3) is 0.438. The second-order valence-corrected chi connectivity index (χ2v) is 5.33. The molecule has 1 aromatic carbocycles. The molecule has 1 rings (SSSR count). The molecular formula is C16H25N3. The van der Waals surface area contributed by atoms with Crippen LogP contribution in [0.1, 0.15) is 19.4 Å². The maximum absolute atomic E-state index is 8.28. The van der Waals surface area contributed by atoms with E-state index in [0.29, 0.717) is 11.6 Å². The van der Waals surface area contributed by atoms with Gasteiger partial charge >= 0.3 is 0 Å². The molecule has 0 atom stereocenters. The van der Waals surface area contributed by atoms with Crippen LogP contribution < -0.4 is 5.32 Å². The first-order chi connectivity index (χ1) is 8.93. The first-order valence-electron chi connectivity index (χ1n) is 6.69. The van der Waals surface area contributed by atoms with Gasteiger partial charge in [-0.1, -0.05) is 38.6 Å². The highest BCUT2D eigenvalue weighted by Crippen LogP contribution is 2.21. The molecular weight excluding hydrogens is 234 g/mol. The zero-order valence-corrected chi connectivity index (χ0v) is 12.5. The lowest BCUT2D eigenvalue weighted by molar-refractivity contribution is 0.425. The van der Waals surface area contributed by atoms with E-state index in [-0.39, 0.29) is 0 Å². The zero-order valence-electron chi connectivity index (χ0n) is 12.5. The summed E-state index contributed by atoms with van der Waals surface area (Å²) in [5.41, 5.74) is 3.35. The second kappa shape index (κ2) is 7.10. The van der Waals surface area contributed by atoms with Crippen molar-refractivity contribution >= 4 is 11.4 Å². The minimum atomic E-state index is 0.294. The highest BCUT2D eigenvalue weighted by Gasteiger charge is 2.12. The molecule has 0 aliphatic carbocycles. The largest absolute Gasteiger partial charge is 0.383 e. The van der Waals surface area contributed by atoms with Gasteiger partial charge in [-0.15, -0.1) is 0 Å². The molecule has 3 nitrogen and oxygen atoms in total. The van der Waals surface area contributed by atoms with Crippen molar-refractivity contribution in [1.82, 2.24) is 4.90 Å². The van der Waals surface area contributed by atoms with Gasteiger partial charge in [0.25, 0.3) is 0 Å². The molecule has 104 valence electrons. The number of nitrogens with one attached hydrogen (secondary N) is 2. The molecule has 2 N–H and O–H groups in total. The summed E-state index contributed by atoms with van der Waals surface area (Å²) in [6.45, 7) is 9.99. The van der Waals surface area contributed by atoms with Gasteiger partial charge in [-0.3, -0.25) is 5.41 Å². The molecule has 0 radical (unpaired) electrons. The Balaban J connectivity index is 2.83. The van der Waals surface area contributed by atoms with Crippen molar-refractivity contribution in [2.75, 3.05) is 32.5 Å². The third-order valence-electron chi connectivity index (χ3n) is 3.09. The van der Waals surface area contributed by atoms with Crippen molar-refractivity contribution in [3.05, 3.63) is 42.0 Å². The third kappa shape index (κ3) is 4.52. The Labute approximate surface area is 116 Å². The summed E-state index contributed by atoms with van der Waals surface area (Å²) in [6, 6.07) is 7.96. The summed E-state index contributed by atoms with van der Waals surface area (Å²) < 4.78 is 0. The Morgan fingerprint density at radius 2 is 1.95 bits per heavy atom. The van der Waals surface area contributed by atoms with E-state index < -0.39 is 0 Å². The van der Waals surface area contributed by atoms with Crippen LogP contribution in [0.15, 0.2) is 36.4 Å². The van der Waals surface area contributed by atoms with Crippen molar-refractivity contribution in [2.45, 2.75) is 13.8 Å². The van der Waals surface area contributed by atoms with E-state index in [1.165, 1.54) is 0 Å². The van der Waals surface area contributed by atoms with Crippen LogP contribution in [0.5, 0.6) is 0 Å². The molecule has 0 aliphatic rings. The molecule has 0 spiro atoms. The Kier molecular flexibility index (Phi) is 5.77. The molecule has 0 heterocycles. The molecule has 1 aromatic rings. The van der Waals surface area contributed by atoms with Crippen LogP contribution in [0.25, 0.3) is 0 Å². The molecule has 0 fully saturated rings. The van der Waals surface area contributed by atoms with E-state index in [9.17, 15) is 0 Å². The van der Waals surface area contributed by atoms with Crippen molar-refractivity contribution in [3.63, 3.8) is 0 Å². The van der Waals surface area contributed by atoms with Crippen molar-refractivity contribution in [2.24, 2.45) is 5.92 Å². The lowest BCUT2D eigenvalue weighted by atomic mass is 9.94. The fourth-order valence-electron chi connectivity index (χ4n) is 1.73. The number of anilines is 1.